The van der Waals surface area contributed by atoms with E-state index in [4.69, 9.17) is 4.74 Å². The van der Waals surface area contributed by atoms with Crippen LogP contribution in [0.2, 0.25) is 0 Å². The van der Waals surface area contributed by atoms with Crippen LogP contribution in [0.15, 0.2) is 30.3 Å². The van der Waals surface area contributed by atoms with Crippen LogP contribution >= 0.6 is 0 Å². The van der Waals surface area contributed by atoms with E-state index in [0.29, 0.717) is 6.29 Å². The summed E-state index contributed by atoms with van der Waals surface area (Å²) in [5.74, 6) is 3.98. The maximum atomic E-state index is 11.0. The van der Waals surface area contributed by atoms with Crippen LogP contribution in [0.25, 0.3) is 0 Å². The van der Waals surface area contributed by atoms with Gasteiger partial charge in [-0.3, -0.25) is 0 Å². The van der Waals surface area contributed by atoms with Gasteiger partial charge in [-0.15, -0.1) is 0 Å². The summed E-state index contributed by atoms with van der Waals surface area (Å²) in [5.41, 5.74) is 0.906. The molecule has 0 aromatic heterocycles. The third-order valence-electron chi connectivity index (χ3n) is 1.59. The molecular weight excluding hydrogens is 192 g/mol. The van der Waals surface area contributed by atoms with E-state index >= 15 is 0 Å². The van der Waals surface area contributed by atoms with Crippen molar-refractivity contribution in [1.82, 2.24) is 0 Å². The van der Waals surface area contributed by atoms with Crippen LogP contribution < -0.4 is 0 Å². The quantitative estimate of drug-likeness (QED) is 0.321. The van der Waals surface area contributed by atoms with Crippen LogP contribution in [0, 0.1) is 11.8 Å². The second-order valence-corrected chi connectivity index (χ2v) is 2.73. The van der Waals surface area contributed by atoms with Crippen LogP contribution in [0.4, 0.5) is 0 Å². The number of carbonyl (C=O) groups is 2. The van der Waals surface area contributed by atoms with Crippen LogP contribution in [0.5, 0.6) is 0 Å². The van der Waals surface area contributed by atoms with Gasteiger partial charge in [0.1, 0.15) is 12.9 Å². The third-order valence-corrected chi connectivity index (χ3v) is 1.59. The van der Waals surface area contributed by atoms with Gasteiger partial charge < -0.3 is 9.53 Å². The first-order valence-electron chi connectivity index (χ1n) is 4.46. The molecule has 0 spiro atoms. The fourth-order valence-corrected chi connectivity index (χ4v) is 0.924. The molecule has 0 amide bonds. The monoisotopic (exact) mass is 202 g/mol. The van der Waals surface area contributed by atoms with Crippen LogP contribution in [-0.4, -0.2) is 12.3 Å². The average Bonchev–Trinajstić information content (AvgIpc) is 2.28. The molecular formula is C12H10O3. The fourth-order valence-electron chi connectivity index (χ4n) is 0.924. The first kappa shape index (κ1) is 11.0. The molecule has 0 atom stereocenters. The molecule has 3 heteroatoms. The van der Waals surface area contributed by atoms with Crippen LogP contribution in [-0.2, 0) is 20.9 Å². The minimum absolute atomic E-state index is 0.0560. The third kappa shape index (κ3) is 4.63. The average molecular weight is 202 g/mol. The van der Waals surface area contributed by atoms with Crippen molar-refractivity contribution in [3.63, 3.8) is 0 Å². The maximum absolute atomic E-state index is 11.0. The van der Waals surface area contributed by atoms with Gasteiger partial charge in [0.05, 0.1) is 6.42 Å². The molecule has 0 heterocycles. The Morgan fingerprint density at radius 2 is 2.07 bits per heavy atom. The zero-order valence-electron chi connectivity index (χ0n) is 8.10. The second kappa shape index (κ2) is 6.39. The highest BCUT2D eigenvalue weighted by Crippen LogP contribution is 2.00. The molecule has 0 unspecified atom stereocenters. The minimum Gasteiger partial charge on any atom is -0.451 e. The number of hydrogen-bond acceptors (Lipinski definition) is 3. The van der Waals surface area contributed by atoms with Gasteiger partial charge in [-0.1, -0.05) is 36.3 Å². The summed E-state index contributed by atoms with van der Waals surface area (Å²) in [5, 5.41) is 0. The Morgan fingerprint density at radius 1 is 1.33 bits per heavy atom. The Bertz CT molecular complexity index is 384. The second-order valence-electron chi connectivity index (χ2n) is 2.73. The van der Waals surface area contributed by atoms with Gasteiger partial charge in [0.15, 0.2) is 0 Å². The largest absolute Gasteiger partial charge is 0.451 e. The van der Waals surface area contributed by atoms with Gasteiger partial charge in [-0.25, -0.2) is 4.79 Å². The van der Waals surface area contributed by atoms with E-state index in [0.717, 1.165) is 5.56 Å². The number of hydrogen-bond donors (Lipinski definition) is 0. The van der Waals surface area contributed by atoms with Gasteiger partial charge in [0, 0.05) is 5.92 Å². The van der Waals surface area contributed by atoms with Gasteiger partial charge in [0.2, 0.25) is 0 Å². The molecule has 0 aliphatic rings. The normalized spacial score (nSPS) is 8.53. The molecule has 1 aromatic carbocycles. The van der Waals surface area contributed by atoms with Crippen molar-refractivity contribution in [3.05, 3.63) is 35.9 Å². The molecule has 1 aromatic rings. The molecule has 0 saturated heterocycles. The summed E-state index contributed by atoms with van der Waals surface area (Å²) in [6.07, 6.45) is 0.692. The number of rotatable bonds is 3. The van der Waals surface area contributed by atoms with E-state index < -0.39 is 5.97 Å². The molecule has 0 saturated carbocycles. The van der Waals surface area contributed by atoms with Crippen molar-refractivity contribution in [1.29, 1.82) is 0 Å². The smallest absolute Gasteiger partial charge is 0.384 e. The van der Waals surface area contributed by atoms with Gasteiger partial charge >= 0.3 is 5.97 Å². The lowest BCUT2D eigenvalue weighted by atomic mass is 10.2. The topological polar surface area (TPSA) is 43.4 Å². The first-order chi connectivity index (χ1) is 7.33. The lowest BCUT2D eigenvalue weighted by molar-refractivity contribution is -0.137. The van der Waals surface area contributed by atoms with Gasteiger partial charge in [-0.05, 0) is 5.56 Å². The molecule has 0 radical (unpaired) electrons. The van der Waals surface area contributed by atoms with Crippen molar-refractivity contribution in [2.75, 3.05) is 0 Å². The summed E-state index contributed by atoms with van der Waals surface area (Å²) >= 11 is 0. The van der Waals surface area contributed by atoms with E-state index in [9.17, 15) is 9.59 Å². The maximum Gasteiger partial charge on any atom is 0.384 e. The van der Waals surface area contributed by atoms with E-state index in [1.54, 1.807) is 0 Å². The number of benzene rings is 1. The first-order valence-corrected chi connectivity index (χ1v) is 4.46. The van der Waals surface area contributed by atoms with E-state index in [-0.39, 0.29) is 13.0 Å². The van der Waals surface area contributed by atoms with Gasteiger partial charge in [-0.2, -0.15) is 0 Å². The summed E-state index contributed by atoms with van der Waals surface area (Å²) < 4.78 is 4.85. The molecule has 0 aliphatic carbocycles. The number of aldehydes is 1. The van der Waals surface area contributed by atoms with E-state index in [2.05, 4.69) is 11.8 Å². The number of ether oxygens (including phenoxy) is 1. The molecule has 15 heavy (non-hydrogen) atoms. The fraction of sp³-hybridized carbons (Fsp3) is 0.167. The van der Waals surface area contributed by atoms with Crippen LogP contribution in [0.1, 0.15) is 12.0 Å². The highest BCUT2D eigenvalue weighted by molar-refractivity contribution is 5.88. The Morgan fingerprint density at radius 3 is 2.73 bits per heavy atom. The van der Waals surface area contributed by atoms with Crippen molar-refractivity contribution in [2.45, 2.75) is 13.0 Å². The Balaban J connectivity index is 2.36. The zero-order chi connectivity index (χ0) is 10.9. The van der Waals surface area contributed by atoms with Crippen molar-refractivity contribution in [3.8, 4) is 11.8 Å². The molecule has 0 fully saturated rings. The van der Waals surface area contributed by atoms with Crippen molar-refractivity contribution >= 4 is 12.3 Å². The highest BCUT2D eigenvalue weighted by atomic mass is 16.5. The highest BCUT2D eigenvalue weighted by Gasteiger charge is 1.97. The van der Waals surface area contributed by atoms with E-state index in [1.807, 2.05) is 30.3 Å². The summed E-state index contributed by atoms with van der Waals surface area (Å²) in [6, 6.07) is 9.32. The van der Waals surface area contributed by atoms with Crippen molar-refractivity contribution < 1.29 is 14.3 Å². The Hall–Kier alpha value is -2.08. The predicted molar refractivity (Wildman–Crippen MR) is 54.7 cm³/mol. The molecule has 0 N–H and O–H groups in total. The van der Waals surface area contributed by atoms with Crippen molar-refractivity contribution in [2.24, 2.45) is 0 Å². The lowest BCUT2D eigenvalue weighted by Crippen LogP contribution is -2.01. The molecule has 3 nitrogen and oxygen atoms in total. The Kier molecular flexibility index (Phi) is 4.68. The molecule has 76 valence electrons. The standard InChI is InChI=1S/C12H10O3/c13-9-5-4-8-12(14)15-10-11-6-2-1-3-7-11/h1-3,6-7,9H,5,10H2. The predicted octanol–water partition coefficient (Wildman–Crippen LogP) is 1.32. The zero-order valence-corrected chi connectivity index (χ0v) is 8.10. The number of carbonyl (C=O) groups excluding carboxylic acids is 2. The van der Waals surface area contributed by atoms with Gasteiger partial charge in [0.25, 0.3) is 0 Å². The summed E-state index contributed by atoms with van der Waals surface area (Å²) in [7, 11) is 0. The lowest BCUT2D eigenvalue weighted by Gasteiger charge is -1.99. The Labute approximate surface area is 88.1 Å². The molecule has 0 bridgehead atoms. The van der Waals surface area contributed by atoms with E-state index in [1.165, 1.54) is 0 Å². The SMILES string of the molecule is O=CCC#CC(=O)OCc1ccccc1. The van der Waals surface area contributed by atoms with Crippen LogP contribution in [0.3, 0.4) is 0 Å². The number of esters is 1. The summed E-state index contributed by atoms with van der Waals surface area (Å²) in [6.45, 7) is 0.204. The molecule has 1 rings (SSSR count). The molecule has 0 aliphatic heterocycles. The minimum atomic E-state index is -0.610. The summed E-state index contributed by atoms with van der Waals surface area (Å²) in [4.78, 5) is 20.9.